The Kier molecular flexibility index (Phi) is 5.08. The molecule has 116 valence electrons. The van der Waals surface area contributed by atoms with Crippen LogP contribution in [0.15, 0.2) is 0 Å². The predicted molar refractivity (Wildman–Crippen MR) is 80.9 cm³/mol. The van der Waals surface area contributed by atoms with Crippen molar-refractivity contribution in [2.24, 2.45) is 5.92 Å². The first kappa shape index (κ1) is 15.8. The van der Waals surface area contributed by atoms with E-state index in [0.717, 1.165) is 44.6 Å². The largest absolute Gasteiger partial charge is 0.480 e. The lowest BCUT2D eigenvalue weighted by molar-refractivity contribution is -0.144. The molecule has 0 aliphatic heterocycles. The highest BCUT2D eigenvalue weighted by Gasteiger charge is 2.38. The van der Waals surface area contributed by atoms with Gasteiger partial charge in [0.25, 0.3) is 0 Å². The van der Waals surface area contributed by atoms with Crippen molar-refractivity contribution in [3.8, 4) is 0 Å². The molecule has 2 saturated carbocycles. The Balaban J connectivity index is 1.66. The fourth-order valence-corrected chi connectivity index (χ4v) is 2.90. The van der Waals surface area contributed by atoms with Crippen molar-refractivity contribution in [1.29, 1.82) is 0 Å². The smallest absolute Gasteiger partial charge is 0.323 e. The van der Waals surface area contributed by atoms with Crippen LogP contribution in [-0.2, 0) is 4.79 Å². The molecule has 4 heteroatoms. The molecule has 0 aromatic heterocycles. The average Bonchev–Trinajstić information content (AvgIpc) is 3.25. The van der Waals surface area contributed by atoms with E-state index in [1.54, 1.807) is 0 Å². The lowest BCUT2D eigenvalue weighted by Crippen LogP contribution is -2.50. The van der Waals surface area contributed by atoms with E-state index in [9.17, 15) is 9.90 Å². The van der Waals surface area contributed by atoms with Crippen molar-refractivity contribution in [3.05, 3.63) is 0 Å². The minimum absolute atomic E-state index is 0.439. The summed E-state index contributed by atoms with van der Waals surface area (Å²) in [4.78, 5) is 13.9. The van der Waals surface area contributed by atoms with Crippen molar-refractivity contribution in [2.45, 2.75) is 76.4 Å². The number of carboxylic acids is 1. The molecule has 0 spiro atoms. The molecule has 4 nitrogen and oxygen atoms in total. The first-order valence-electron chi connectivity index (χ1n) is 8.14. The Morgan fingerprint density at radius 3 is 2.50 bits per heavy atom. The van der Waals surface area contributed by atoms with E-state index in [1.807, 2.05) is 6.92 Å². The van der Waals surface area contributed by atoms with Gasteiger partial charge in [-0.05, 0) is 78.3 Å². The number of unbranched alkanes of at least 4 members (excludes halogenated alkanes) is 1. The van der Waals surface area contributed by atoms with E-state index in [1.165, 1.54) is 12.8 Å². The number of nitrogens with zero attached hydrogens (tertiary/aromatic N) is 1. The Morgan fingerprint density at radius 1 is 1.35 bits per heavy atom. The van der Waals surface area contributed by atoms with Gasteiger partial charge in [-0.1, -0.05) is 0 Å². The zero-order chi connectivity index (χ0) is 14.8. The molecular formula is C16H30N2O2. The Labute approximate surface area is 122 Å². The molecule has 0 radical (unpaired) electrons. The Hall–Kier alpha value is -0.610. The van der Waals surface area contributed by atoms with Gasteiger partial charge >= 0.3 is 5.97 Å². The maximum Gasteiger partial charge on any atom is 0.323 e. The molecule has 2 rings (SSSR count). The fourth-order valence-electron chi connectivity index (χ4n) is 2.90. The lowest BCUT2D eigenvalue weighted by atomic mass is 9.94. The van der Waals surface area contributed by atoms with Crippen LogP contribution < -0.4 is 5.32 Å². The highest BCUT2D eigenvalue weighted by atomic mass is 16.4. The van der Waals surface area contributed by atoms with E-state index in [2.05, 4.69) is 24.2 Å². The highest BCUT2D eigenvalue weighted by molar-refractivity contribution is 5.78. The van der Waals surface area contributed by atoms with Gasteiger partial charge in [0.1, 0.15) is 5.54 Å². The van der Waals surface area contributed by atoms with Crippen LogP contribution in [0.4, 0.5) is 0 Å². The molecule has 2 N–H and O–H groups in total. The lowest BCUT2D eigenvalue weighted by Gasteiger charge is -2.28. The Bertz CT molecular complexity index is 339. The average molecular weight is 282 g/mol. The van der Waals surface area contributed by atoms with Crippen LogP contribution in [0.5, 0.6) is 0 Å². The molecular weight excluding hydrogens is 252 g/mol. The summed E-state index contributed by atoms with van der Waals surface area (Å²) in [6.45, 7) is 5.23. The zero-order valence-corrected chi connectivity index (χ0v) is 13.2. The summed E-state index contributed by atoms with van der Waals surface area (Å²) in [7, 11) is 2.20. The summed E-state index contributed by atoms with van der Waals surface area (Å²) in [5.74, 6) is 0.199. The number of carboxylic acid groups (broad SMARTS) is 1. The van der Waals surface area contributed by atoms with E-state index in [0.29, 0.717) is 12.1 Å². The molecule has 2 aliphatic carbocycles. The third-order valence-corrected chi connectivity index (χ3v) is 5.01. The molecule has 0 bridgehead atoms. The van der Waals surface area contributed by atoms with E-state index >= 15 is 0 Å². The third kappa shape index (κ3) is 4.45. The monoisotopic (exact) mass is 282 g/mol. The van der Waals surface area contributed by atoms with Crippen molar-refractivity contribution >= 4 is 5.97 Å². The standard InChI is InChI=1S/C16H30N2O2/c1-12(13-6-7-13)18(3)11-5-4-10-16(2,15(19)20)17-14-8-9-14/h12-14,17H,4-11H2,1-3H3,(H,19,20). The van der Waals surface area contributed by atoms with Crippen LogP contribution in [0, 0.1) is 5.92 Å². The van der Waals surface area contributed by atoms with Gasteiger partial charge in [0, 0.05) is 12.1 Å². The number of nitrogens with one attached hydrogen (secondary N) is 1. The normalized spacial score (nSPS) is 23.6. The van der Waals surface area contributed by atoms with Gasteiger partial charge < -0.3 is 10.0 Å². The van der Waals surface area contributed by atoms with Gasteiger partial charge in [0.05, 0.1) is 0 Å². The van der Waals surface area contributed by atoms with Gasteiger partial charge in [-0.3, -0.25) is 10.1 Å². The van der Waals surface area contributed by atoms with Gasteiger partial charge in [0.15, 0.2) is 0 Å². The number of hydrogen-bond acceptors (Lipinski definition) is 3. The van der Waals surface area contributed by atoms with Crippen molar-refractivity contribution in [3.63, 3.8) is 0 Å². The summed E-state index contributed by atoms with van der Waals surface area (Å²) in [5, 5.41) is 12.7. The van der Waals surface area contributed by atoms with Crippen LogP contribution in [0.3, 0.4) is 0 Å². The van der Waals surface area contributed by atoms with Crippen molar-refractivity contribution in [1.82, 2.24) is 10.2 Å². The van der Waals surface area contributed by atoms with Gasteiger partial charge in [0.2, 0.25) is 0 Å². The van der Waals surface area contributed by atoms with Gasteiger partial charge in [-0.2, -0.15) is 0 Å². The maximum atomic E-state index is 11.4. The maximum absolute atomic E-state index is 11.4. The molecule has 20 heavy (non-hydrogen) atoms. The minimum atomic E-state index is -0.734. The number of carbonyl (C=O) groups is 1. The molecule has 0 heterocycles. The number of aliphatic carboxylic acids is 1. The van der Waals surface area contributed by atoms with E-state index in [4.69, 9.17) is 0 Å². The molecule has 2 aliphatic rings. The summed E-state index contributed by atoms with van der Waals surface area (Å²) >= 11 is 0. The highest BCUT2D eigenvalue weighted by Crippen LogP contribution is 2.34. The van der Waals surface area contributed by atoms with Crippen LogP contribution in [0.25, 0.3) is 0 Å². The second-order valence-corrected chi connectivity index (χ2v) is 7.07. The summed E-state index contributed by atoms with van der Waals surface area (Å²) in [6, 6.07) is 1.12. The Morgan fingerprint density at radius 2 is 2.00 bits per heavy atom. The second-order valence-electron chi connectivity index (χ2n) is 7.07. The van der Waals surface area contributed by atoms with Crippen LogP contribution in [0.1, 0.15) is 58.8 Å². The molecule has 0 aromatic rings. The van der Waals surface area contributed by atoms with Crippen LogP contribution in [-0.4, -0.2) is 47.2 Å². The third-order valence-electron chi connectivity index (χ3n) is 5.01. The summed E-state index contributed by atoms with van der Waals surface area (Å²) < 4.78 is 0. The van der Waals surface area contributed by atoms with E-state index < -0.39 is 11.5 Å². The quantitative estimate of drug-likeness (QED) is 0.604. The minimum Gasteiger partial charge on any atom is -0.480 e. The molecule has 0 amide bonds. The molecule has 0 saturated heterocycles. The predicted octanol–water partition coefficient (Wildman–Crippen LogP) is 2.48. The summed E-state index contributed by atoms with van der Waals surface area (Å²) in [5.41, 5.74) is -0.734. The first-order valence-corrected chi connectivity index (χ1v) is 8.14. The number of hydrogen-bond donors (Lipinski definition) is 2. The van der Waals surface area contributed by atoms with Crippen molar-refractivity contribution < 1.29 is 9.90 Å². The van der Waals surface area contributed by atoms with Gasteiger partial charge in [-0.15, -0.1) is 0 Å². The molecule has 2 atom stereocenters. The topological polar surface area (TPSA) is 52.6 Å². The zero-order valence-electron chi connectivity index (χ0n) is 13.2. The SMILES string of the molecule is CC(C1CC1)N(C)CCCCC(C)(NC1CC1)C(=O)O. The van der Waals surface area contributed by atoms with Crippen molar-refractivity contribution in [2.75, 3.05) is 13.6 Å². The molecule has 2 unspecified atom stereocenters. The molecule has 2 fully saturated rings. The van der Waals surface area contributed by atoms with E-state index in [-0.39, 0.29) is 0 Å². The number of rotatable bonds is 10. The fraction of sp³-hybridized carbons (Fsp3) is 0.938. The second kappa shape index (κ2) is 6.44. The first-order chi connectivity index (χ1) is 9.42. The van der Waals surface area contributed by atoms with Crippen LogP contribution in [0.2, 0.25) is 0 Å². The summed E-state index contributed by atoms with van der Waals surface area (Å²) in [6.07, 6.45) is 7.81. The van der Waals surface area contributed by atoms with Crippen LogP contribution >= 0.6 is 0 Å². The van der Waals surface area contributed by atoms with Gasteiger partial charge in [-0.25, -0.2) is 0 Å². The molecule has 0 aromatic carbocycles.